The SMILES string of the molecule is COC(=O)C(C)(CCSc1ncn[nH]1)NC(C)C. The number of aromatic nitrogens is 3. The van der Waals surface area contributed by atoms with Gasteiger partial charge in [-0.3, -0.25) is 15.2 Å². The molecular formula is C11H20N4O2S. The van der Waals surface area contributed by atoms with E-state index in [1.54, 1.807) is 0 Å². The van der Waals surface area contributed by atoms with Gasteiger partial charge in [0.25, 0.3) is 0 Å². The van der Waals surface area contributed by atoms with Crippen LogP contribution in [0.25, 0.3) is 0 Å². The van der Waals surface area contributed by atoms with Crippen molar-refractivity contribution in [1.29, 1.82) is 0 Å². The van der Waals surface area contributed by atoms with Crippen molar-refractivity contribution in [2.75, 3.05) is 12.9 Å². The topological polar surface area (TPSA) is 79.9 Å². The number of carbonyl (C=O) groups is 1. The van der Waals surface area contributed by atoms with Crippen LogP contribution in [0.1, 0.15) is 27.2 Å². The summed E-state index contributed by atoms with van der Waals surface area (Å²) in [6.45, 7) is 5.87. The summed E-state index contributed by atoms with van der Waals surface area (Å²) in [4.78, 5) is 15.9. The van der Waals surface area contributed by atoms with E-state index in [1.165, 1.54) is 25.2 Å². The fraction of sp³-hybridized carbons (Fsp3) is 0.727. The highest BCUT2D eigenvalue weighted by Gasteiger charge is 2.34. The van der Waals surface area contributed by atoms with E-state index >= 15 is 0 Å². The highest BCUT2D eigenvalue weighted by atomic mass is 32.2. The van der Waals surface area contributed by atoms with Crippen molar-refractivity contribution in [2.24, 2.45) is 0 Å². The fourth-order valence-electron chi connectivity index (χ4n) is 1.71. The summed E-state index contributed by atoms with van der Waals surface area (Å²) in [6, 6.07) is 0.212. The van der Waals surface area contributed by atoms with Gasteiger partial charge in [0.15, 0.2) is 5.16 Å². The second kappa shape index (κ2) is 6.75. The first kappa shape index (κ1) is 15.0. The zero-order chi connectivity index (χ0) is 13.6. The average Bonchev–Trinajstić information content (AvgIpc) is 2.80. The molecule has 0 aliphatic heterocycles. The second-order valence-corrected chi connectivity index (χ2v) is 5.60. The molecule has 0 saturated heterocycles. The molecule has 1 aromatic rings. The predicted molar refractivity (Wildman–Crippen MR) is 70.4 cm³/mol. The standard InChI is InChI=1S/C11H20N4O2S/c1-8(2)14-11(3,9(16)17-4)5-6-18-10-12-7-13-15-10/h7-8,14H,5-6H2,1-4H3,(H,12,13,15). The summed E-state index contributed by atoms with van der Waals surface area (Å²) < 4.78 is 4.86. The van der Waals surface area contributed by atoms with Crippen LogP contribution in [0.2, 0.25) is 0 Å². The maximum absolute atomic E-state index is 11.8. The van der Waals surface area contributed by atoms with E-state index in [0.717, 1.165) is 10.9 Å². The Hall–Kier alpha value is -1.08. The molecule has 0 saturated carbocycles. The van der Waals surface area contributed by atoms with Gasteiger partial charge < -0.3 is 4.74 Å². The molecule has 1 rings (SSSR count). The molecule has 0 amide bonds. The van der Waals surface area contributed by atoms with Gasteiger partial charge in [-0.05, 0) is 27.2 Å². The van der Waals surface area contributed by atoms with Crippen molar-refractivity contribution in [2.45, 2.75) is 43.9 Å². The highest BCUT2D eigenvalue weighted by molar-refractivity contribution is 7.99. The molecule has 1 aromatic heterocycles. The van der Waals surface area contributed by atoms with Crippen molar-refractivity contribution >= 4 is 17.7 Å². The molecule has 1 atom stereocenters. The minimum Gasteiger partial charge on any atom is -0.468 e. The lowest BCUT2D eigenvalue weighted by atomic mass is 9.98. The summed E-state index contributed by atoms with van der Waals surface area (Å²) >= 11 is 1.53. The van der Waals surface area contributed by atoms with Crippen LogP contribution in [0.5, 0.6) is 0 Å². The smallest absolute Gasteiger partial charge is 0.325 e. The third-order valence-electron chi connectivity index (χ3n) is 2.48. The number of nitrogens with one attached hydrogen (secondary N) is 2. The number of rotatable bonds is 7. The number of thioether (sulfide) groups is 1. The van der Waals surface area contributed by atoms with Gasteiger partial charge in [-0.15, -0.1) is 0 Å². The van der Waals surface area contributed by atoms with Crippen LogP contribution in [0, 0.1) is 0 Å². The van der Waals surface area contributed by atoms with E-state index in [9.17, 15) is 4.79 Å². The molecule has 102 valence electrons. The molecule has 1 heterocycles. The average molecular weight is 272 g/mol. The van der Waals surface area contributed by atoms with Crippen molar-refractivity contribution in [3.8, 4) is 0 Å². The minimum atomic E-state index is -0.671. The first-order valence-electron chi connectivity index (χ1n) is 5.82. The molecule has 0 aliphatic rings. The number of H-pyrrole nitrogens is 1. The molecule has 0 aromatic carbocycles. The zero-order valence-corrected chi connectivity index (χ0v) is 12.0. The van der Waals surface area contributed by atoms with Crippen LogP contribution < -0.4 is 5.32 Å². The van der Waals surface area contributed by atoms with Gasteiger partial charge in [0.1, 0.15) is 11.9 Å². The van der Waals surface area contributed by atoms with E-state index in [0.29, 0.717) is 6.42 Å². The lowest BCUT2D eigenvalue weighted by Gasteiger charge is -2.29. The molecule has 0 fully saturated rings. The van der Waals surface area contributed by atoms with Gasteiger partial charge in [0.2, 0.25) is 0 Å². The Balaban J connectivity index is 2.53. The quantitative estimate of drug-likeness (QED) is 0.574. The lowest BCUT2D eigenvalue weighted by molar-refractivity contribution is -0.148. The van der Waals surface area contributed by atoms with Crippen LogP contribution in [-0.4, -0.2) is 45.6 Å². The highest BCUT2D eigenvalue weighted by Crippen LogP contribution is 2.20. The Kier molecular flexibility index (Phi) is 5.61. The maximum Gasteiger partial charge on any atom is 0.325 e. The number of hydrogen-bond donors (Lipinski definition) is 2. The molecular weight excluding hydrogens is 252 g/mol. The molecule has 1 unspecified atom stereocenters. The number of methoxy groups -OCH3 is 1. The zero-order valence-electron chi connectivity index (χ0n) is 11.2. The Labute approximate surface area is 111 Å². The number of ether oxygens (including phenoxy) is 1. The van der Waals surface area contributed by atoms with E-state index in [1.807, 2.05) is 20.8 Å². The molecule has 18 heavy (non-hydrogen) atoms. The van der Waals surface area contributed by atoms with Crippen molar-refractivity contribution in [1.82, 2.24) is 20.5 Å². The molecule has 0 bridgehead atoms. The summed E-state index contributed by atoms with van der Waals surface area (Å²) in [7, 11) is 1.41. The molecule has 0 radical (unpaired) electrons. The first-order chi connectivity index (χ1) is 8.48. The maximum atomic E-state index is 11.8. The predicted octanol–water partition coefficient (Wildman–Crippen LogP) is 1.22. The van der Waals surface area contributed by atoms with Gasteiger partial charge in [-0.25, -0.2) is 4.98 Å². The van der Waals surface area contributed by atoms with E-state index in [2.05, 4.69) is 20.5 Å². The van der Waals surface area contributed by atoms with Crippen molar-refractivity contribution < 1.29 is 9.53 Å². The number of aromatic amines is 1. The van der Waals surface area contributed by atoms with Crippen LogP contribution in [0.3, 0.4) is 0 Å². The van der Waals surface area contributed by atoms with Crippen molar-refractivity contribution in [3.63, 3.8) is 0 Å². The second-order valence-electron chi connectivity index (χ2n) is 4.51. The summed E-state index contributed by atoms with van der Waals surface area (Å²) in [5, 5.41) is 10.6. The van der Waals surface area contributed by atoms with Gasteiger partial charge in [0.05, 0.1) is 7.11 Å². The normalized spacial score (nSPS) is 14.5. The first-order valence-corrected chi connectivity index (χ1v) is 6.81. The lowest BCUT2D eigenvalue weighted by Crippen LogP contribution is -2.53. The summed E-state index contributed by atoms with van der Waals surface area (Å²) in [5.41, 5.74) is -0.671. The Morgan fingerprint density at radius 1 is 1.67 bits per heavy atom. The largest absolute Gasteiger partial charge is 0.468 e. The van der Waals surface area contributed by atoms with Gasteiger partial charge in [0, 0.05) is 11.8 Å². The van der Waals surface area contributed by atoms with Gasteiger partial charge >= 0.3 is 5.97 Å². The van der Waals surface area contributed by atoms with Crippen molar-refractivity contribution in [3.05, 3.63) is 6.33 Å². The Morgan fingerprint density at radius 2 is 2.39 bits per heavy atom. The summed E-state index contributed by atoms with van der Waals surface area (Å²) in [6.07, 6.45) is 2.12. The third kappa shape index (κ3) is 4.30. The minimum absolute atomic E-state index is 0.212. The van der Waals surface area contributed by atoms with Crippen LogP contribution in [-0.2, 0) is 9.53 Å². The molecule has 6 nitrogen and oxygen atoms in total. The summed E-state index contributed by atoms with van der Waals surface area (Å²) in [5.74, 6) is 0.509. The fourth-order valence-corrected chi connectivity index (χ4v) is 2.65. The molecule has 0 aliphatic carbocycles. The van der Waals surface area contributed by atoms with E-state index in [4.69, 9.17) is 4.74 Å². The Morgan fingerprint density at radius 3 is 2.89 bits per heavy atom. The molecule has 2 N–H and O–H groups in total. The van der Waals surface area contributed by atoms with Gasteiger partial charge in [-0.2, -0.15) is 5.10 Å². The number of nitrogens with zero attached hydrogens (tertiary/aromatic N) is 2. The Bertz CT molecular complexity index is 369. The van der Waals surface area contributed by atoms with Gasteiger partial charge in [-0.1, -0.05) is 11.8 Å². The number of esters is 1. The third-order valence-corrected chi connectivity index (χ3v) is 3.36. The van der Waals surface area contributed by atoms with E-state index < -0.39 is 5.54 Å². The van der Waals surface area contributed by atoms with Crippen LogP contribution >= 0.6 is 11.8 Å². The number of hydrogen-bond acceptors (Lipinski definition) is 6. The number of carbonyl (C=O) groups excluding carboxylic acids is 1. The molecule has 0 spiro atoms. The monoisotopic (exact) mass is 272 g/mol. The van der Waals surface area contributed by atoms with Crippen LogP contribution in [0.4, 0.5) is 0 Å². The molecule has 7 heteroatoms. The van der Waals surface area contributed by atoms with E-state index in [-0.39, 0.29) is 12.0 Å². The van der Waals surface area contributed by atoms with Crippen LogP contribution in [0.15, 0.2) is 11.5 Å².